The molecule has 4 heteroatoms. The molecule has 2 atom stereocenters. The summed E-state index contributed by atoms with van der Waals surface area (Å²) in [5, 5.41) is -0.446. The van der Waals surface area contributed by atoms with Crippen molar-refractivity contribution in [2.45, 2.75) is 11.4 Å². The van der Waals surface area contributed by atoms with Gasteiger partial charge in [-0.2, -0.15) is 0 Å². The third kappa shape index (κ3) is 2.49. The number of benzene rings is 2. The van der Waals surface area contributed by atoms with Crippen molar-refractivity contribution in [1.29, 1.82) is 0 Å². The van der Waals surface area contributed by atoms with Crippen LogP contribution in [-0.2, 0) is 4.74 Å². The van der Waals surface area contributed by atoms with Gasteiger partial charge in [0.15, 0.2) is 0 Å². The Hall–Kier alpha value is -1.81. The Morgan fingerprint density at radius 1 is 1.00 bits per heavy atom. The van der Waals surface area contributed by atoms with Crippen molar-refractivity contribution in [3.63, 3.8) is 0 Å². The van der Waals surface area contributed by atoms with Gasteiger partial charge in [-0.05, 0) is 35.0 Å². The van der Waals surface area contributed by atoms with E-state index in [0.29, 0.717) is 5.56 Å². The molecule has 0 bridgehead atoms. The third-order valence-corrected chi connectivity index (χ3v) is 4.09. The molecular weight excluding hydrogens is 263 g/mol. The first-order valence-corrected chi connectivity index (χ1v) is 6.80. The minimum absolute atomic E-state index is 0.129. The Labute approximate surface area is 114 Å². The fourth-order valence-electron chi connectivity index (χ4n) is 2.17. The van der Waals surface area contributed by atoms with Crippen LogP contribution in [0.1, 0.15) is 22.5 Å². The van der Waals surface area contributed by atoms with Gasteiger partial charge in [0.1, 0.15) is 11.9 Å². The Bertz CT molecular complexity index is 600. The molecule has 19 heavy (non-hydrogen) atoms. The maximum atomic E-state index is 13.3. The number of ether oxygens (including phenoxy) is 1. The van der Waals surface area contributed by atoms with Gasteiger partial charge in [0, 0.05) is 0 Å². The fraction of sp³-hybridized carbons (Fsp3) is 0.133. The highest BCUT2D eigenvalue weighted by molar-refractivity contribution is 8.13. The summed E-state index contributed by atoms with van der Waals surface area (Å²) in [5.74, 6) is -0.322. The van der Waals surface area contributed by atoms with E-state index in [1.165, 1.54) is 12.1 Å². The van der Waals surface area contributed by atoms with Crippen LogP contribution in [0.5, 0.6) is 0 Å². The summed E-state index contributed by atoms with van der Waals surface area (Å²) in [6, 6.07) is 15.9. The molecule has 1 aliphatic rings. The summed E-state index contributed by atoms with van der Waals surface area (Å²) in [4.78, 5) is 11.5. The van der Waals surface area contributed by atoms with Crippen molar-refractivity contribution >= 4 is 17.1 Å². The maximum Gasteiger partial charge on any atom is 0.368 e. The van der Waals surface area contributed by atoms with Gasteiger partial charge in [-0.25, -0.2) is 9.18 Å². The van der Waals surface area contributed by atoms with Crippen LogP contribution in [0, 0.1) is 5.82 Å². The van der Waals surface area contributed by atoms with E-state index in [9.17, 15) is 9.18 Å². The molecular formula is C15H11FO2S. The van der Waals surface area contributed by atoms with E-state index in [0.717, 1.165) is 17.3 Å². The molecule has 0 aliphatic carbocycles. The van der Waals surface area contributed by atoms with Crippen molar-refractivity contribution in [3.8, 4) is 0 Å². The van der Waals surface area contributed by atoms with Crippen LogP contribution < -0.4 is 0 Å². The average molecular weight is 274 g/mol. The predicted molar refractivity (Wildman–Crippen MR) is 72.4 cm³/mol. The first-order chi connectivity index (χ1) is 9.24. The molecule has 0 radical (unpaired) electrons. The quantitative estimate of drug-likeness (QED) is 0.755. The molecule has 0 aromatic heterocycles. The summed E-state index contributed by atoms with van der Waals surface area (Å²) in [7, 11) is 0. The lowest BCUT2D eigenvalue weighted by Crippen LogP contribution is -2.05. The summed E-state index contributed by atoms with van der Waals surface area (Å²) in [5.41, 5.74) is 1.69. The molecule has 0 saturated carbocycles. The normalized spacial score (nSPS) is 22.3. The van der Waals surface area contributed by atoms with E-state index in [2.05, 4.69) is 0 Å². The molecule has 2 aromatic rings. The Morgan fingerprint density at radius 2 is 1.74 bits per heavy atom. The number of halogens is 1. The van der Waals surface area contributed by atoms with Crippen molar-refractivity contribution < 1.29 is 13.9 Å². The van der Waals surface area contributed by atoms with Crippen LogP contribution in [0.3, 0.4) is 0 Å². The number of thioether (sulfide) groups is 1. The summed E-state index contributed by atoms with van der Waals surface area (Å²) < 4.78 is 18.6. The topological polar surface area (TPSA) is 26.3 Å². The Kier molecular flexibility index (Phi) is 3.25. The molecule has 3 rings (SSSR count). The van der Waals surface area contributed by atoms with E-state index in [1.807, 2.05) is 30.3 Å². The van der Waals surface area contributed by atoms with Crippen LogP contribution in [-0.4, -0.2) is 5.30 Å². The highest BCUT2D eigenvalue weighted by atomic mass is 32.2. The van der Waals surface area contributed by atoms with Gasteiger partial charge in [0.05, 0.1) is 5.25 Å². The van der Waals surface area contributed by atoms with E-state index in [1.54, 1.807) is 12.1 Å². The zero-order valence-corrected chi connectivity index (χ0v) is 10.8. The van der Waals surface area contributed by atoms with Gasteiger partial charge in [0.2, 0.25) is 0 Å². The monoisotopic (exact) mass is 274 g/mol. The van der Waals surface area contributed by atoms with E-state index >= 15 is 0 Å². The lowest BCUT2D eigenvalue weighted by Gasteiger charge is -2.17. The second-order valence-electron chi connectivity index (χ2n) is 4.29. The summed E-state index contributed by atoms with van der Waals surface area (Å²) in [6.07, 6.45) is -0.435. The first kappa shape index (κ1) is 12.2. The zero-order valence-electron chi connectivity index (χ0n) is 9.95. The molecule has 1 heterocycles. The molecule has 1 aliphatic heterocycles. The van der Waals surface area contributed by atoms with Gasteiger partial charge in [-0.1, -0.05) is 42.5 Å². The molecule has 2 nitrogen and oxygen atoms in total. The number of carbonyl (C=O) groups is 1. The van der Waals surface area contributed by atoms with Crippen LogP contribution in [0.25, 0.3) is 0 Å². The summed E-state index contributed by atoms with van der Waals surface area (Å²) >= 11 is 1.14. The molecule has 1 fully saturated rings. The first-order valence-electron chi connectivity index (χ1n) is 5.92. The lowest BCUT2D eigenvalue weighted by molar-refractivity contribution is 0.133. The maximum absolute atomic E-state index is 13.3. The minimum atomic E-state index is -0.435. The Morgan fingerprint density at radius 3 is 2.47 bits per heavy atom. The van der Waals surface area contributed by atoms with E-state index in [-0.39, 0.29) is 16.4 Å². The number of hydrogen-bond donors (Lipinski definition) is 0. The van der Waals surface area contributed by atoms with Gasteiger partial charge in [-0.3, -0.25) is 0 Å². The molecule has 1 saturated heterocycles. The van der Waals surface area contributed by atoms with E-state index in [4.69, 9.17) is 4.74 Å². The second-order valence-corrected chi connectivity index (χ2v) is 5.37. The standard InChI is InChI=1S/C15H11FO2S/c16-12-8-4-7-11(9-12)13-14(19-15(17)18-13)10-5-2-1-3-6-10/h1-9,13-14H/t13-,14+/m1/s1. The number of cyclic esters (lactones) is 1. The van der Waals surface area contributed by atoms with Crippen molar-refractivity contribution in [2.24, 2.45) is 0 Å². The number of hydrogen-bond acceptors (Lipinski definition) is 3. The highest BCUT2D eigenvalue weighted by Gasteiger charge is 2.38. The smallest absolute Gasteiger partial charge is 0.368 e. The highest BCUT2D eigenvalue weighted by Crippen LogP contribution is 2.49. The third-order valence-electron chi connectivity index (χ3n) is 3.03. The average Bonchev–Trinajstić information content (AvgIpc) is 2.82. The van der Waals surface area contributed by atoms with Gasteiger partial charge in [-0.15, -0.1) is 0 Å². The van der Waals surface area contributed by atoms with E-state index < -0.39 is 6.10 Å². The SMILES string of the molecule is O=C1O[C@H](c2cccc(F)c2)[C@H](c2ccccc2)S1. The van der Waals surface area contributed by atoms with Crippen molar-refractivity contribution in [1.82, 2.24) is 0 Å². The molecule has 0 spiro atoms. The van der Waals surface area contributed by atoms with Gasteiger partial charge >= 0.3 is 5.30 Å². The van der Waals surface area contributed by atoms with Crippen molar-refractivity contribution in [2.75, 3.05) is 0 Å². The van der Waals surface area contributed by atoms with Crippen LogP contribution in [0.2, 0.25) is 0 Å². The van der Waals surface area contributed by atoms with Gasteiger partial charge in [0.25, 0.3) is 0 Å². The van der Waals surface area contributed by atoms with Crippen LogP contribution in [0.4, 0.5) is 9.18 Å². The zero-order chi connectivity index (χ0) is 13.2. The molecule has 0 unspecified atom stereocenters. The second kappa shape index (κ2) is 5.05. The number of carbonyl (C=O) groups excluding carboxylic acids is 1. The van der Waals surface area contributed by atoms with Crippen LogP contribution >= 0.6 is 11.8 Å². The fourth-order valence-corrected chi connectivity index (χ4v) is 3.17. The largest absolute Gasteiger partial charge is 0.448 e. The predicted octanol–water partition coefficient (Wildman–Crippen LogP) is 4.49. The minimum Gasteiger partial charge on any atom is -0.448 e. The molecule has 0 amide bonds. The Balaban J connectivity index is 1.97. The molecule has 96 valence electrons. The summed E-state index contributed by atoms with van der Waals surface area (Å²) in [6.45, 7) is 0. The molecule has 0 N–H and O–H groups in total. The lowest BCUT2D eigenvalue weighted by atomic mass is 10.0. The van der Waals surface area contributed by atoms with Gasteiger partial charge < -0.3 is 4.74 Å². The number of rotatable bonds is 2. The van der Waals surface area contributed by atoms with Crippen molar-refractivity contribution in [3.05, 3.63) is 71.5 Å². The van der Waals surface area contributed by atoms with Crippen LogP contribution in [0.15, 0.2) is 54.6 Å². The molecule has 2 aromatic carbocycles.